The molecule has 0 aromatic rings. The van der Waals surface area contributed by atoms with Crippen LogP contribution in [0.2, 0.25) is 0 Å². The molecule has 30 valence electrons. The average Bonchev–Trinajstić information content (AvgIpc) is 1.41. The Labute approximate surface area is 43.0 Å². The molecule has 0 atom stereocenters. The third-order valence-electron chi connectivity index (χ3n) is 0.285. The molecule has 0 aliphatic heterocycles. The van der Waals surface area contributed by atoms with Crippen LogP contribution in [0.1, 0.15) is 6.42 Å². The molecule has 0 saturated carbocycles. The SMILES string of the molecule is NCC[CH]=[W]. The van der Waals surface area contributed by atoms with E-state index in [-0.39, 0.29) is 0 Å². The van der Waals surface area contributed by atoms with Crippen LogP contribution in [0, 0.1) is 0 Å². The Morgan fingerprint density at radius 1 is 1.80 bits per heavy atom. The van der Waals surface area contributed by atoms with Crippen molar-refractivity contribution in [3.63, 3.8) is 0 Å². The van der Waals surface area contributed by atoms with Crippen molar-refractivity contribution in [3.05, 3.63) is 0 Å². The van der Waals surface area contributed by atoms with Crippen LogP contribution in [0.3, 0.4) is 0 Å². The minimum absolute atomic E-state index is 0.809. The van der Waals surface area contributed by atoms with E-state index in [1.54, 1.807) is 0 Å². The standard InChI is InChI=1S/C3H7N.W/c1-2-3-4;/h1H,2-4H2;. The summed E-state index contributed by atoms with van der Waals surface area (Å²) >= 11 is 1.52. The average molecular weight is 241 g/mol. The molecule has 0 unspecified atom stereocenters. The number of hydrogen-bond donors (Lipinski definition) is 1. The normalized spacial score (nSPS) is 7.40. The predicted octanol–water partition coefficient (Wildman–Crippen LogP) is -0.316. The fourth-order valence-corrected chi connectivity index (χ4v) is 0.557. The van der Waals surface area contributed by atoms with Gasteiger partial charge in [-0.3, -0.25) is 0 Å². The molecule has 0 rings (SSSR count). The zero-order valence-electron chi connectivity index (χ0n) is 2.98. The van der Waals surface area contributed by atoms with Crippen LogP contribution in [-0.2, 0) is 19.4 Å². The fraction of sp³-hybridized carbons (Fsp3) is 0.667. The van der Waals surface area contributed by atoms with Gasteiger partial charge in [-0.05, 0) is 0 Å². The van der Waals surface area contributed by atoms with E-state index in [1.807, 2.05) is 0 Å². The van der Waals surface area contributed by atoms with E-state index in [4.69, 9.17) is 5.73 Å². The van der Waals surface area contributed by atoms with Gasteiger partial charge in [0.05, 0.1) is 0 Å². The second-order valence-corrected chi connectivity index (χ2v) is 1.94. The summed E-state index contributed by atoms with van der Waals surface area (Å²) in [5.74, 6) is 0. The van der Waals surface area contributed by atoms with Crippen molar-refractivity contribution < 1.29 is 19.4 Å². The molecule has 0 saturated heterocycles. The Morgan fingerprint density at radius 3 is 2.40 bits per heavy atom. The fourth-order valence-electron chi connectivity index (χ4n) is 0.0680. The van der Waals surface area contributed by atoms with E-state index in [0.29, 0.717) is 0 Å². The Hall–Kier alpha value is 0.518. The van der Waals surface area contributed by atoms with Crippen LogP contribution in [0.4, 0.5) is 0 Å². The third kappa shape index (κ3) is 4.52. The van der Waals surface area contributed by atoms with E-state index < -0.39 is 0 Å². The summed E-state index contributed by atoms with van der Waals surface area (Å²) in [6, 6.07) is 0. The van der Waals surface area contributed by atoms with Crippen LogP contribution in [-0.4, -0.2) is 10.9 Å². The molecule has 0 heterocycles. The summed E-state index contributed by atoms with van der Waals surface area (Å²) in [5.41, 5.74) is 5.12. The molecule has 1 nitrogen and oxygen atoms in total. The van der Waals surface area contributed by atoms with Gasteiger partial charge in [-0.15, -0.1) is 0 Å². The van der Waals surface area contributed by atoms with Gasteiger partial charge in [0, 0.05) is 0 Å². The Kier molecular flexibility index (Phi) is 4.99. The van der Waals surface area contributed by atoms with Crippen molar-refractivity contribution >= 4 is 4.40 Å². The quantitative estimate of drug-likeness (QED) is 0.704. The first kappa shape index (κ1) is 5.52. The zero-order chi connectivity index (χ0) is 4.12. The summed E-state index contributed by atoms with van der Waals surface area (Å²) in [7, 11) is 0. The molecule has 2 heteroatoms. The number of hydrogen-bond acceptors (Lipinski definition) is 1. The third-order valence-corrected chi connectivity index (χ3v) is 1.13. The van der Waals surface area contributed by atoms with Crippen LogP contribution in [0.25, 0.3) is 0 Å². The molecule has 0 bridgehead atoms. The van der Waals surface area contributed by atoms with Crippen molar-refractivity contribution in [1.29, 1.82) is 0 Å². The second kappa shape index (κ2) is 4.52. The monoisotopic (exact) mass is 241 g/mol. The van der Waals surface area contributed by atoms with E-state index in [9.17, 15) is 0 Å². The molecule has 0 radical (unpaired) electrons. The van der Waals surface area contributed by atoms with Gasteiger partial charge in [0.15, 0.2) is 0 Å². The molecule has 0 spiro atoms. The Bertz CT molecular complexity index is 28.1. The number of nitrogens with two attached hydrogens (primary N) is 1. The minimum atomic E-state index is 0.809. The summed E-state index contributed by atoms with van der Waals surface area (Å²) in [5, 5.41) is 0. The number of rotatable bonds is 2. The molecule has 0 aliphatic carbocycles. The summed E-state index contributed by atoms with van der Waals surface area (Å²) in [6.45, 7) is 0.809. The second-order valence-electron chi connectivity index (χ2n) is 0.744. The molecular weight excluding hydrogens is 234 g/mol. The van der Waals surface area contributed by atoms with Crippen LogP contribution in [0.5, 0.6) is 0 Å². The van der Waals surface area contributed by atoms with E-state index in [2.05, 4.69) is 4.40 Å². The maximum atomic E-state index is 5.12. The van der Waals surface area contributed by atoms with Gasteiger partial charge in [0.25, 0.3) is 0 Å². The molecule has 0 aliphatic rings. The van der Waals surface area contributed by atoms with Gasteiger partial charge in [-0.1, -0.05) is 0 Å². The zero-order valence-corrected chi connectivity index (χ0v) is 5.91. The predicted molar refractivity (Wildman–Crippen MR) is 19.7 cm³/mol. The molecule has 0 aromatic carbocycles. The first-order valence-corrected chi connectivity index (χ1v) is 3.25. The first-order chi connectivity index (χ1) is 2.41. The van der Waals surface area contributed by atoms with Gasteiger partial charge in [-0.25, -0.2) is 0 Å². The van der Waals surface area contributed by atoms with Crippen molar-refractivity contribution in [2.24, 2.45) is 5.73 Å². The molecule has 5 heavy (non-hydrogen) atoms. The molecule has 0 amide bonds. The van der Waals surface area contributed by atoms with E-state index >= 15 is 0 Å². The van der Waals surface area contributed by atoms with Gasteiger partial charge in [0.2, 0.25) is 0 Å². The van der Waals surface area contributed by atoms with Gasteiger partial charge in [-0.2, -0.15) is 0 Å². The molecule has 0 fully saturated rings. The summed E-state index contributed by atoms with van der Waals surface area (Å²) in [6.07, 6.45) is 1.08. The summed E-state index contributed by atoms with van der Waals surface area (Å²) < 4.78 is 2.14. The molecule has 0 aromatic heterocycles. The maximum absolute atomic E-state index is 5.12. The van der Waals surface area contributed by atoms with E-state index in [1.165, 1.54) is 19.4 Å². The van der Waals surface area contributed by atoms with Gasteiger partial charge >= 0.3 is 42.5 Å². The Balaban J connectivity index is 2.40. The van der Waals surface area contributed by atoms with Crippen LogP contribution < -0.4 is 5.73 Å². The molecular formula is C3H7NW. The van der Waals surface area contributed by atoms with Gasteiger partial charge < -0.3 is 0 Å². The Morgan fingerprint density at radius 2 is 2.40 bits per heavy atom. The van der Waals surface area contributed by atoms with E-state index in [0.717, 1.165) is 13.0 Å². The van der Waals surface area contributed by atoms with Crippen LogP contribution in [0.15, 0.2) is 0 Å². The van der Waals surface area contributed by atoms with Crippen molar-refractivity contribution in [1.82, 2.24) is 0 Å². The molecule has 2 N–H and O–H groups in total. The topological polar surface area (TPSA) is 26.0 Å². The van der Waals surface area contributed by atoms with Crippen molar-refractivity contribution in [2.45, 2.75) is 6.42 Å². The van der Waals surface area contributed by atoms with Crippen LogP contribution >= 0.6 is 0 Å². The van der Waals surface area contributed by atoms with Crippen molar-refractivity contribution in [2.75, 3.05) is 6.54 Å². The van der Waals surface area contributed by atoms with Crippen molar-refractivity contribution in [3.8, 4) is 0 Å². The summed E-state index contributed by atoms with van der Waals surface area (Å²) in [4.78, 5) is 0. The van der Waals surface area contributed by atoms with Gasteiger partial charge in [0.1, 0.15) is 0 Å². The first-order valence-electron chi connectivity index (χ1n) is 1.55.